The number of anilines is 1. The van der Waals surface area contributed by atoms with Crippen LogP contribution in [0.1, 0.15) is 5.56 Å². The molecular weight excluding hydrogens is 360 g/mol. The predicted octanol–water partition coefficient (Wildman–Crippen LogP) is 4.48. The standard InChI is InChI=1S/C18H11ClN2O3S/c19-13-2-1-3-14(11-13)21-17(22)16(25-18(21)23)10-12-4-6-15(7-5-12)24-9-8-20/h1-7,10-11H,9H2/b16-10+. The van der Waals surface area contributed by atoms with Crippen molar-refractivity contribution in [2.75, 3.05) is 11.5 Å². The van der Waals surface area contributed by atoms with E-state index in [4.69, 9.17) is 21.6 Å². The van der Waals surface area contributed by atoms with Gasteiger partial charge in [0.25, 0.3) is 11.1 Å². The summed E-state index contributed by atoms with van der Waals surface area (Å²) in [4.78, 5) is 26.2. The van der Waals surface area contributed by atoms with Crippen LogP contribution in [0.3, 0.4) is 0 Å². The number of ether oxygens (including phenoxy) is 1. The predicted molar refractivity (Wildman–Crippen MR) is 97.5 cm³/mol. The van der Waals surface area contributed by atoms with Crippen molar-refractivity contribution in [1.29, 1.82) is 5.26 Å². The summed E-state index contributed by atoms with van der Waals surface area (Å²) in [6.45, 7) is -0.0299. The minimum absolute atomic E-state index is 0.0299. The van der Waals surface area contributed by atoms with E-state index in [1.54, 1.807) is 54.6 Å². The third-order valence-corrected chi connectivity index (χ3v) is 4.45. The minimum atomic E-state index is -0.387. The fourth-order valence-electron chi connectivity index (χ4n) is 2.23. The van der Waals surface area contributed by atoms with Gasteiger partial charge in [-0.3, -0.25) is 9.59 Å². The van der Waals surface area contributed by atoms with E-state index in [9.17, 15) is 9.59 Å². The molecule has 2 aromatic carbocycles. The van der Waals surface area contributed by atoms with Crippen molar-refractivity contribution in [2.45, 2.75) is 0 Å². The number of amides is 2. The summed E-state index contributed by atoms with van der Waals surface area (Å²) in [6.07, 6.45) is 1.64. The molecule has 0 N–H and O–H groups in total. The lowest BCUT2D eigenvalue weighted by molar-refractivity contribution is -0.113. The minimum Gasteiger partial charge on any atom is -0.479 e. The maximum atomic E-state index is 12.6. The lowest BCUT2D eigenvalue weighted by atomic mass is 10.2. The molecule has 1 aliphatic rings. The monoisotopic (exact) mass is 370 g/mol. The first-order valence-electron chi connectivity index (χ1n) is 7.22. The Morgan fingerprint density at radius 2 is 1.96 bits per heavy atom. The van der Waals surface area contributed by atoms with Crippen molar-refractivity contribution in [2.24, 2.45) is 0 Å². The molecule has 0 atom stereocenters. The molecule has 0 bridgehead atoms. The first-order valence-corrected chi connectivity index (χ1v) is 8.41. The number of rotatable bonds is 4. The molecule has 0 aromatic heterocycles. The highest BCUT2D eigenvalue weighted by Gasteiger charge is 2.36. The van der Waals surface area contributed by atoms with Crippen LogP contribution in [0.15, 0.2) is 53.4 Å². The van der Waals surface area contributed by atoms with Gasteiger partial charge in [-0.2, -0.15) is 5.26 Å². The van der Waals surface area contributed by atoms with Crippen molar-refractivity contribution in [3.8, 4) is 11.8 Å². The molecule has 1 aliphatic heterocycles. The average molecular weight is 371 g/mol. The molecule has 0 saturated carbocycles. The van der Waals surface area contributed by atoms with Gasteiger partial charge in [-0.25, -0.2) is 4.90 Å². The SMILES string of the molecule is N#CCOc1ccc(/C=C2/SC(=O)N(c3cccc(Cl)c3)C2=O)cc1. The van der Waals surface area contributed by atoms with Crippen molar-refractivity contribution in [1.82, 2.24) is 0 Å². The number of halogens is 1. The molecule has 0 unspecified atom stereocenters. The van der Waals surface area contributed by atoms with Gasteiger partial charge < -0.3 is 4.74 Å². The zero-order valence-electron chi connectivity index (χ0n) is 12.8. The number of hydrogen-bond donors (Lipinski definition) is 0. The molecule has 25 heavy (non-hydrogen) atoms. The van der Waals surface area contributed by atoms with Crippen molar-refractivity contribution < 1.29 is 14.3 Å². The third kappa shape index (κ3) is 3.85. The van der Waals surface area contributed by atoms with Gasteiger partial charge in [0.1, 0.15) is 11.8 Å². The molecule has 2 aromatic rings. The van der Waals surface area contributed by atoms with Crippen LogP contribution in [-0.2, 0) is 4.79 Å². The summed E-state index contributed by atoms with van der Waals surface area (Å²) in [7, 11) is 0. The largest absolute Gasteiger partial charge is 0.479 e. The first kappa shape index (κ1) is 17.1. The van der Waals surface area contributed by atoms with Crippen LogP contribution in [0.5, 0.6) is 5.75 Å². The van der Waals surface area contributed by atoms with E-state index in [-0.39, 0.29) is 17.8 Å². The molecule has 3 rings (SSSR count). The van der Waals surface area contributed by atoms with Crippen LogP contribution in [-0.4, -0.2) is 17.8 Å². The summed E-state index contributed by atoms with van der Waals surface area (Å²) in [6, 6.07) is 15.4. The Kier molecular flexibility index (Phi) is 5.08. The van der Waals surface area contributed by atoms with Gasteiger partial charge in [0.2, 0.25) is 0 Å². The van der Waals surface area contributed by atoms with Crippen molar-refractivity contribution in [3.05, 3.63) is 64.0 Å². The zero-order valence-corrected chi connectivity index (χ0v) is 14.4. The fraction of sp³-hybridized carbons (Fsp3) is 0.0556. The van der Waals surface area contributed by atoms with Crippen LogP contribution >= 0.6 is 23.4 Å². The fourth-order valence-corrected chi connectivity index (χ4v) is 3.26. The topological polar surface area (TPSA) is 70.4 Å². The lowest BCUT2D eigenvalue weighted by Gasteiger charge is -2.12. The highest BCUT2D eigenvalue weighted by atomic mass is 35.5. The van der Waals surface area contributed by atoms with Crippen molar-refractivity contribution in [3.63, 3.8) is 0 Å². The van der Waals surface area contributed by atoms with Crippen molar-refractivity contribution >= 4 is 46.3 Å². The second kappa shape index (κ2) is 7.43. The Labute approximate surface area is 153 Å². The Hall–Kier alpha value is -2.75. The normalized spacial score (nSPS) is 15.5. The van der Waals surface area contributed by atoms with Gasteiger partial charge in [0.15, 0.2) is 6.61 Å². The number of nitrogens with zero attached hydrogens (tertiary/aromatic N) is 2. The van der Waals surface area contributed by atoms with Crippen LogP contribution in [0.25, 0.3) is 6.08 Å². The van der Waals surface area contributed by atoms with E-state index >= 15 is 0 Å². The molecule has 1 fully saturated rings. The highest BCUT2D eigenvalue weighted by molar-refractivity contribution is 8.19. The molecular formula is C18H11ClN2O3S. The Balaban J connectivity index is 1.82. The highest BCUT2D eigenvalue weighted by Crippen LogP contribution is 2.36. The van der Waals surface area contributed by atoms with Gasteiger partial charge in [-0.1, -0.05) is 29.8 Å². The molecule has 5 nitrogen and oxygen atoms in total. The molecule has 0 radical (unpaired) electrons. The number of hydrogen-bond acceptors (Lipinski definition) is 5. The molecule has 124 valence electrons. The quantitative estimate of drug-likeness (QED) is 0.742. The summed E-state index contributed by atoms with van der Waals surface area (Å²) >= 11 is 6.81. The number of imide groups is 1. The summed E-state index contributed by atoms with van der Waals surface area (Å²) in [5.74, 6) is 0.174. The molecule has 7 heteroatoms. The van der Waals surface area contributed by atoms with E-state index in [2.05, 4.69) is 0 Å². The Bertz CT molecular complexity index is 903. The Morgan fingerprint density at radius 1 is 1.20 bits per heavy atom. The zero-order chi connectivity index (χ0) is 17.8. The van der Waals surface area contributed by atoms with E-state index in [0.717, 1.165) is 22.2 Å². The summed E-state index contributed by atoms with van der Waals surface area (Å²) in [5.41, 5.74) is 1.19. The van der Waals surface area contributed by atoms with E-state index in [1.165, 1.54) is 0 Å². The third-order valence-electron chi connectivity index (χ3n) is 3.34. The number of carbonyl (C=O) groups is 2. The molecule has 2 amide bonds. The average Bonchev–Trinajstić information content (AvgIpc) is 2.88. The number of benzene rings is 2. The molecule has 1 heterocycles. The molecule has 0 spiro atoms. The second-order valence-electron chi connectivity index (χ2n) is 5.01. The second-order valence-corrected chi connectivity index (χ2v) is 6.44. The van der Waals surface area contributed by atoms with Gasteiger partial charge in [-0.05, 0) is 53.7 Å². The first-order chi connectivity index (χ1) is 12.1. The van der Waals surface area contributed by atoms with Gasteiger partial charge in [0.05, 0.1) is 10.6 Å². The maximum absolute atomic E-state index is 12.6. The summed E-state index contributed by atoms with van der Waals surface area (Å²) in [5, 5.41) is 8.58. The molecule has 1 saturated heterocycles. The lowest BCUT2D eigenvalue weighted by Crippen LogP contribution is -2.27. The van der Waals surface area contributed by atoms with E-state index in [0.29, 0.717) is 21.4 Å². The van der Waals surface area contributed by atoms with Gasteiger partial charge >= 0.3 is 0 Å². The van der Waals surface area contributed by atoms with Crippen LogP contribution < -0.4 is 9.64 Å². The van der Waals surface area contributed by atoms with E-state index in [1.807, 2.05) is 6.07 Å². The number of nitriles is 1. The van der Waals surface area contributed by atoms with Crippen LogP contribution in [0.4, 0.5) is 10.5 Å². The van der Waals surface area contributed by atoms with Crippen LogP contribution in [0, 0.1) is 11.3 Å². The van der Waals surface area contributed by atoms with Gasteiger partial charge in [-0.15, -0.1) is 0 Å². The van der Waals surface area contributed by atoms with Gasteiger partial charge in [0, 0.05) is 5.02 Å². The van der Waals surface area contributed by atoms with Crippen LogP contribution in [0.2, 0.25) is 5.02 Å². The summed E-state index contributed by atoms with van der Waals surface area (Å²) < 4.78 is 5.18. The van der Waals surface area contributed by atoms with E-state index < -0.39 is 0 Å². The number of carbonyl (C=O) groups excluding carboxylic acids is 2. The molecule has 0 aliphatic carbocycles. The number of thioether (sulfide) groups is 1. The smallest absolute Gasteiger partial charge is 0.298 e. The Morgan fingerprint density at radius 3 is 2.64 bits per heavy atom. The maximum Gasteiger partial charge on any atom is 0.298 e.